The van der Waals surface area contributed by atoms with E-state index < -0.39 is 15.9 Å². The molecule has 0 bridgehead atoms. The van der Waals surface area contributed by atoms with Crippen molar-refractivity contribution >= 4 is 50.0 Å². The molecule has 10 heteroatoms. The van der Waals surface area contributed by atoms with Crippen LogP contribution in [-0.2, 0) is 10.0 Å². The van der Waals surface area contributed by atoms with E-state index in [0.29, 0.717) is 33.2 Å². The number of furan rings is 1. The second-order valence-corrected chi connectivity index (χ2v) is 8.94. The number of nitrogens with one attached hydrogen (secondary N) is 2. The number of aromatic nitrogens is 2. The monoisotopic (exact) mass is 456 g/mol. The van der Waals surface area contributed by atoms with Crippen LogP contribution < -0.4 is 10.0 Å². The van der Waals surface area contributed by atoms with E-state index in [1.165, 1.54) is 24.3 Å². The zero-order valence-electron chi connectivity index (χ0n) is 16.5. The lowest BCUT2D eigenvalue weighted by Crippen LogP contribution is -2.15. The smallest absolute Gasteiger partial charge is 0.291 e. The Bertz CT molecular complexity index is 1380. The Labute approximate surface area is 183 Å². The Morgan fingerprint density at radius 3 is 2.45 bits per heavy atom. The minimum absolute atomic E-state index is 0.0257. The summed E-state index contributed by atoms with van der Waals surface area (Å²) in [5.74, 6) is 0.300. The molecular formula is C21H17ClN4O4S. The van der Waals surface area contributed by atoms with Gasteiger partial charge < -0.3 is 9.73 Å². The van der Waals surface area contributed by atoms with Gasteiger partial charge in [0.1, 0.15) is 17.2 Å². The number of hydrogen-bond donors (Lipinski definition) is 2. The second kappa shape index (κ2) is 8.01. The molecule has 0 fully saturated rings. The van der Waals surface area contributed by atoms with Gasteiger partial charge >= 0.3 is 0 Å². The molecule has 2 N–H and O–H groups in total. The van der Waals surface area contributed by atoms with Crippen molar-refractivity contribution in [3.63, 3.8) is 0 Å². The van der Waals surface area contributed by atoms with Gasteiger partial charge in [-0.1, -0.05) is 11.6 Å². The van der Waals surface area contributed by atoms with E-state index in [1.54, 1.807) is 44.2 Å². The van der Waals surface area contributed by atoms with Gasteiger partial charge in [0.25, 0.3) is 15.9 Å². The molecule has 4 rings (SSSR count). The van der Waals surface area contributed by atoms with Crippen molar-refractivity contribution in [3.8, 4) is 0 Å². The van der Waals surface area contributed by atoms with Crippen LogP contribution in [-0.4, -0.2) is 24.3 Å². The lowest BCUT2D eigenvalue weighted by atomic mass is 10.2. The summed E-state index contributed by atoms with van der Waals surface area (Å²) < 4.78 is 33.2. The average Bonchev–Trinajstić information content (AvgIpc) is 3.10. The number of rotatable bonds is 5. The van der Waals surface area contributed by atoms with Crippen LogP contribution in [0.4, 0.5) is 11.5 Å². The van der Waals surface area contributed by atoms with Gasteiger partial charge in [0, 0.05) is 27.9 Å². The van der Waals surface area contributed by atoms with Gasteiger partial charge in [0.05, 0.1) is 4.90 Å². The van der Waals surface area contributed by atoms with E-state index in [9.17, 15) is 13.2 Å². The molecule has 158 valence electrons. The molecule has 0 spiro atoms. The van der Waals surface area contributed by atoms with E-state index in [1.807, 2.05) is 0 Å². The van der Waals surface area contributed by atoms with Crippen molar-refractivity contribution in [2.24, 2.45) is 0 Å². The fraction of sp³-hybridized carbons (Fsp3) is 0.0952. The van der Waals surface area contributed by atoms with Gasteiger partial charge in [-0.15, -0.1) is 0 Å². The van der Waals surface area contributed by atoms with E-state index in [2.05, 4.69) is 20.0 Å². The molecule has 0 atom stereocenters. The van der Waals surface area contributed by atoms with Crippen LogP contribution in [0.3, 0.4) is 0 Å². The topological polar surface area (TPSA) is 114 Å². The molecule has 2 aromatic carbocycles. The van der Waals surface area contributed by atoms with Crippen molar-refractivity contribution in [1.82, 2.24) is 9.97 Å². The quantitative estimate of drug-likeness (QED) is 0.455. The fourth-order valence-corrected chi connectivity index (χ4v) is 4.17. The Morgan fingerprint density at radius 1 is 1.00 bits per heavy atom. The highest BCUT2D eigenvalue weighted by Crippen LogP contribution is 2.24. The maximum absolute atomic E-state index is 12.6. The van der Waals surface area contributed by atoms with Gasteiger partial charge in [-0.2, -0.15) is 0 Å². The van der Waals surface area contributed by atoms with Gasteiger partial charge in [-0.3, -0.25) is 9.52 Å². The van der Waals surface area contributed by atoms with Crippen molar-refractivity contribution in [1.29, 1.82) is 0 Å². The zero-order chi connectivity index (χ0) is 22.2. The molecule has 0 aliphatic heterocycles. The van der Waals surface area contributed by atoms with Crippen molar-refractivity contribution in [3.05, 3.63) is 76.9 Å². The molecule has 8 nitrogen and oxygen atoms in total. The van der Waals surface area contributed by atoms with Crippen LogP contribution in [0.15, 0.2) is 63.9 Å². The van der Waals surface area contributed by atoms with Gasteiger partial charge in [0.2, 0.25) is 0 Å². The molecular weight excluding hydrogens is 440 g/mol. The number of carbonyl (C=O) groups is 1. The largest absolute Gasteiger partial charge is 0.451 e. The Hall–Kier alpha value is -3.43. The van der Waals surface area contributed by atoms with E-state index in [4.69, 9.17) is 16.0 Å². The minimum atomic E-state index is -3.85. The first kappa shape index (κ1) is 20.8. The first-order chi connectivity index (χ1) is 14.7. The summed E-state index contributed by atoms with van der Waals surface area (Å²) in [6.45, 7) is 3.43. The summed E-state index contributed by atoms with van der Waals surface area (Å²) in [7, 11) is -3.85. The molecule has 2 aromatic heterocycles. The van der Waals surface area contributed by atoms with Crippen LogP contribution in [0.5, 0.6) is 0 Å². The van der Waals surface area contributed by atoms with Crippen LogP contribution in [0.2, 0.25) is 5.02 Å². The van der Waals surface area contributed by atoms with Crippen LogP contribution >= 0.6 is 11.6 Å². The van der Waals surface area contributed by atoms with E-state index in [0.717, 1.165) is 0 Å². The number of carbonyl (C=O) groups excluding carboxylic acids is 1. The SMILES string of the molecule is Cc1cc(NS(=O)(=O)c2ccc(NC(=O)c3cc4cc(Cl)ccc4o3)cc2)nc(C)n1. The summed E-state index contributed by atoms with van der Waals surface area (Å²) in [5, 5.41) is 3.92. The van der Waals surface area contributed by atoms with Crippen LogP contribution in [0.25, 0.3) is 11.0 Å². The van der Waals surface area contributed by atoms with E-state index >= 15 is 0 Å². The third kappa shape index (κ3) is 4.68. The molecule has 0 saturated heterocycles. The Kier molecular flexibility index (Phi) is 5.38. The van der Waals surface area contributed by atoms with Crippen molar-refractivity contribution in [2.75, 3.05) is 10.0 Å². The summed E-state index contributed by atoms with van der Waals surface area (Å²) in [6.07, 6.45) is 0. The van der Waals surface area contributed by atoms with Crippen LogP contribution in [0.1, 0.15) is 22.1 Å². The molecule has 0 aliphatic rings. The molecule has 31 heavy (non-hydrogen) atoms. The number of benzene rings is 2. The predicted molar refractivity (Wildman–Crippen MR) is 118 cm³/mol. The fourth-order valence-electron chi connectivity index (χ4n) is 3.00. The van der Waals surface area contributed by atoms with Gasteiger partial charge in [-0.05, 0) is 62.4 Å². The van der Waals surface area contributed by atoms with Gasteiger partial charge in [0.15, 0.2) is 5.76 Å². The van der Waals surface area contributed by atoms with E-state index in [-0.39, 0.29) is 16.5 Å². The zero-order valence-corrected chi connectivity index (χ0v) is 18.1. The molecule has 0 unspecified atom stereocenters. The Balaban J connectivity index is 1.49. The lowest BCUT2D eigenvalue weighted by Gasteiger charge is -2.09. The number of fused-ring (bicyclic) bond motifs is 1. The third-order valence-electron chi connectivity index (χ3n) is 4.33. The molecule has 0 aliphatic carbocycles. The summed E-state index contributed by atoms with van der Waals surface area (Å²) in [4.78, 5) is 20.7. The third-order valence-corrected chi connectivity index (χ3v) is 5.94. The number of anilines is 2. The number of hydrogen-bond acceptors (Lipinski definition) is 6. The maximum atomic E-state index is 12.6. The first-order valence-corrected chi connectivity index (χ1v) is 11.0. The summed E-state index contributed by atoms with van der Waals surface area (Å²) in [6, 6.07) is 13.9. The number of halogens is 1. The average molecular weight is 457 g/mol. The molecule has 1 amide bonds. The lowest BCUT2D eigenvalue weighted by molar-refractivity contribution is 0.0998. The number of amides is 1. The predicted octanol–water partition coefficient (Wildman–Crippen LogP) is 4.55. The number of nitrogens with zero attached hydrogens (tertiary/aromatic N) is 2. The minimum Gasteiger partial charge on any atom is -0.451 e. The highest BCUT2D eigenvalue weighted by molar-refractivity contribution is 7.92. The van der Waals surface area contributed by atoms with Crippen LogP contribution in [0, 0.1) is 13.8 Å². The molecule has 2 heterocycles. The number of sulfonamides is 1. The van der Waals surface area contributed by atoms with Gasteiger partial charge in [-0.25, -0.2) is 18.4 Å². The summed E-state index contributed by atoms with van der Waals surface area (Å²) >= 11 is 5.95. The van der Waals surface area contributed by atoms with Crippen molar-refractivity contribution in [2.45, 2.75) is 18.7 Å². The molecule has 0 radical (unpaired) electrons. The highest BCUT2D eigenvalue weighted by atomic mass is 35.5. The normalized spacial score (nSPS) is 11.5. The summed E-state index contributed by atoms with van der Waals surface area (Å²) in [5.41, 5.74) is 1.60. The second-order valence-electron chi connectivity index (χ2n) is 6.82. The van der Waals surface area contributed by atoms with Crippen molar-refractivity contribution < 1.29 is 17.6 Å². The molecule has 0 saturated carbocycles. The maximum Gasteiger partial charge on any atom is 0.291 e. The number of aryl methyl sites for hydroxylation is 2. The highest BCUT2D eigenvalue weighted by Gasteiger charge is 2.17. The Morgan fingerprint density at radius 2 is 1.74 bits per heavy atom. The first-order valence-electron chi connectivity index (χ1n) is 9.15. The standard InChI is InChI=1S/C21H17ClN4O4S/c1-12-9-20(24-13(2)23-12)26-31(28,29)17-6-4-16(5-7-17)25-21(27)19-11-14-10-15(22)3-8-18(14)30-19/h3-11H,1-2H3,(H,25,27)(H,23,24,26). The molecule has 4 aromatic rings.